The minimum absolute atomic E-state index is 0.531. The Morgan fingerprint density at radius 2 is 2.00 bits per heavy atom. The molecule has 12 heavy (non-hydrogen) atoms. The molecule has 0 saturated carbocycles. The molecule has 1 heteroatoms. The Bertz CT molecular complexity index is 223. The summed E-state index contributed by atoms with van der Waals surface area (Å²) in [6, 6.07) is 0.531. The number of hydrogen-bond donors (Lipinski definition) is 1. The molecule has 0 amide bonds. The van der Waals surface area contributed by atoms with Crippen LogP contribution < -0.4 is 5.32 Å². The SMILES string of the molecule is CC.CC1=CC2C=CNC2C=C1. The second kappa shape index (κ2) is 4.15. The van der Waals surface area contributed by atoms with E-state index >= 15 is 0 Å². The van der Waals surface area contributed by atoms with Crippen LogP contribution in [0.5, 0.6) is 0 Å². The molecule has 0 bridgehead atoms. The van der Waals surface area contributed by atoms with Gasteiger partial charge in [-0.1, -0.05) is 43.7 Å². The summed E-state index contributed by atoms with van der Waals surface area (Å²) < 4.78 is 0. The van der Waals surface area contributed by atoms with E-state index in [2.05, 4.69) is 36.5 Å². The Morgan fingerprint density at radius 1 is 1.25 bits per heavy atom. The third kappa shape index (κ3) is 1.79. The maximum Gasteiger partial charge on any atom is 0.0540 e. The summed E-state index contributed by atoms with van der Waals surface area (Å²) in [6.07, 6.45) is 10.9. The van der Waals surface area contributed by atoms with Crippen molar-refractivity contribution < 1.29 is 0 Å². The molecule has 2 rings (SSSR count). The van der Waals surface area contributed by atoms with Crippen LogP contribution in [0.3, 0.4) is 0 Å². The van der Waals surface area contributed by atoms with Gasteiger partial charge >= 0.3 is 0 Å². The Balaban J connectivity index is 0.000000336. The first-order valence-electron chi connectivity index (χ1n) is 4.65. The first kappa shape index (κ1) is 9.11. The average molecular weight is 163 g/mol. The van der Waals surface area contributed by atoms with Crippen LogP contribution in [0.15, 0.2) is 36.1 Å². The average Bonchev–Trinajstić information content (AvgIpc) is 2.54. The van der Waals surface area contributed by atoms with Crippen molar-refractivity contribution in [1.29, 1.82) is 0 Å². The summed E-state index contributed by atoms with van der Waals surface area (Å²) in [5.74, 6) is 0.602. The quantitative estimate of drug-likeness (QED) is 0.579. The molecule has 0 aromatic rings. The molecule has 2 atom stereocenters. The van der Waals surface area contributed by atoms with Crippen molar-refractivity contribution in [1.82, 2.24) is 5.32 Å². The molecular formula is C11H17N. The molecule has 1 nitrogen and oxygen atoms in total. The van der Waals surface area contributed by atoms with Crippen LogP contribution in [-0.2, 0) is 0 Å². The van der Waals surface area contributed by atoms with Crippen molar-refractivity contribution >= 4 is 0 Å². The number of hydrogen-bond acceptors (Lipinski definition) is 1. The maximum absolute atomic E-state index is 3.27. The molecule has 1 aliphatic heterocycles. The van der Waals surface area contributed by atoms with Gasteiger partial charge < -0.3 is 5.32 Å². The highest BCUT2D eigenvalue weighted by Gasteiger charge is 2.19. The van der Waals surface area contributed by atoms with Gasteiger partial charge in [-0.05, 0) is 13.1 Å². The van der Waals surface area contributed by atoms with Gasteiger partial charge in [0, 0.05) is 5.92 Å². The van der Waals surface area contributed by atoms with Crippen molar-refractivity contribution in [2.45, 2.75) is 26.8 Å². The van der Waals surface area contributed by atoms with E-state index in [-0.39, 0.29) is 0 Å². The Labute approximate surface area is 74.9 Å². The minimum Gasteiger partial charge on any atom is -0.384 e. The van der Waals surface area contributed by atoms with Crippen LogP contribution in [0.4, 0.5) is 0 Å². The lowest BCUT2D eigenvalue weighted by molar-refractivity contribution is 0.645. The summed E-state index contributed by atoms with van der Waals surface area (Å²) in [4.78, 5) is 0. The summed E-state index contributed by atoms with van der Waals surface area (Å²) in [5.41, 5.74) is 1.37. The van der Waals surface area contributed by atoms with Crippen molar-refractivity contribution in [3.8, 4) is 0 Å². The number of fused-ring (bicyclic) bond motifs is 1. The predicted octanol–water partition coefficient (Wildman–Crippen LogP) is 2.63. The Kier molecular flexibility index (Phi) is 3.15. The van der Waals surface area contributed by atoms with Crippen LogP contribution >= 0.6 is 0 Å². The van der Waals surface area contributed by atoms with Gasteiger partial charge in [0.25, 0.3) is 0 Å². The van der Waals surface area contributed by atoms with Gasteiger partial charge in [0.1, 0.15) is 0 Å². The molecular weight excluding hydrogens is 146 g/mol. The maximum atomic E-state index is 3.27. The van der Waals surface area contributed by atoms with E-state index in [1.54, 1.807) is 0 Å². The van der Waals surface area contributed by atoms with E-state index in [1.807, 2.05) is 20.0 Å². The topological polar surface area (TPSA) is 12.0 Å². The van der Waals surface area contributed by atoms with Crippen LogP contribution in [0.1, 0.15) is 20.8 Å². The van der Waals surface area contributed by atoms with Crippen molar-refractivity contribution in [2.24, 2.45) is 5.92 Å². The second-order valence-corrected chi connectivity index (χ2v) is 2.90. The Morgan fingerprint density at radius 3 is 2.75 bits per heavy atom. The molecule has 0 fully saturated rings. The molecule has 1 aliphatic carbocycles. The molecule has 0 saturated heterocycles. The normalized spacial score (nSPS) is 29.8. The molecule has 2 aliphatic rings. The standard InChI is InChI=1S/C9H11N.C2H6/c1-7-2-3-9-8(6-7)4-5-10-9;1-2/h2-6,8-10H,1H3;1-2H3. The summed E-state index contributed by atoms with van der Waals surface area (Å²) in [5, 5.41) is 3.27. The highest BCUT2D eigenvalue weighted by molar-refractivity contribution is 5.30. The fraction of sp³-hybridized carbons (Fsp3) is 0.455. The summed E-state index contributed by atoms with van der Waals surface area (Å²) in [6.45, 7) is 6.14. The van der Waals surface area contributed by atoms with Crippen molar-refractivity contribution in [2.75, 3.05) is 0 Å². The molecule has 2 unspecified atom stereocenters. The van der Waals surface area contributed by atoms with E-state index in [1.165, 1.54) is 5.57 Å². The third-order valence-corrected chi connectivity index (χ3v) is 2.04. The molecule has 0 spiro atoms. The van der Waals surface area contributed by atoms with E-state index in [0.29, 0.717) is 12.0 Å². The minimum atomic E-state index is 0.531. The van der Waals surface area contributed by atoms with Gasteiger partial charge in [0.2, 0.25) is 0 Å². The van der Waals surface area contributed by atoms with E-state index < -0.39 is 0 Å². The smallest absolute Gasteiger partial charge is 0.0540 e. The molecule has 0 radical (unpaired) electrons. The third-order valence-electron chi connectivity index (χ3n) is 2.04. The zero-order valence-corrected chi connectivity index (χ0v) is 8.04. The lowest BCUT2D eigenvalue weighted by atomic mass is 9.94. The number of rotatable bonds is 0. The number of nitrogens with one attached hydrogen (secondary N) is 1. The highest BCUT2D eigenvalue weighted by Crippen LogP contribution is 2.21. The second-order valence-electron chi connectivity index (χ2n) is 2.90. The van der Waals surface area contributed by atoms with E-state index in [4.69, 9.17) is 0 Å². The monoisotopic (exact) mass is 163 g/mol. The Hall–Kier alpha value is -0.980. The van der Waals surface area contributed by atoms with Gasteiger partial charge in [-0.3, -0.25) is 0 Å². The molecule has 0 aromatic heterocycles. The van der Waals surface area contributed by atoms with Gasteiger partial charge in [-0.15, -0.1) is 0 Å². The van der Waals surface area contributed by atoms with Gasteiger partial charge in [-0.2, -0.15) is 0 Å². The van der Waals surface area contributed by atoms with Gasteiger partial charge in [0.05, 0.1) is 6.04 Å². The van der Waals surface area contributed by atoms with Crippen LogP contribution in [0.2, 0.25) is 0 Å². The van der Waals surface area contributed by atoms with Gasteiger partial charge in [0.15, 0.2) is 0 Å². The molecule has 0 aromatic carbocycles. The zero-order valence-electron chi connectivity index (χ0n) is 8.04. The molecule has 1 N–H and O–H groups in total. The fourth-order valence-electron chi connectivity index (χ4n) is 1.47. The van der Waals surface area contributed by atoms with Gasteiger partial charge in [-0.25, -0.2) is 0 Å². The van der Waals surface area contributed by atoms with Crippen LogP contribution in [-0.4, -0.2) is 6.04 Å². The molecule has 66 valence electrons. The van der Waals surface area contributed by atoms with Crippen molar-refractivity contribution in [3.05, 3.63) is 36.1 Å². The lowest BCUT2D eigenvalue weighted by Gasteiger charge is -2.16. The zero-order chi connectivity index (χ0) is 8.97. The lowest BCUT2D eigenvalue weighted by Crippen LogP contribution is -2.24. The summed E-state index contributed by atoms with van der Waals surface area (Å²) >= 11 is 0. The van der Waals surface area contributed by atoms with Crippen LogP contribution in [0, 0.1) is 5.92 Å². The van der Waals surface area contributed by atoms with Crippen LogP contribution in [0.25, 0.3) is 0 Å². The molecule has 1 heterocycles. The predicted molar refractivity (Wildman–Crippen MR) is 53.8 cm³/mol. The highest BCUT2D eigenvalue weighted by atomic mass is 14.9. The van der Waals surface area contributed by atoms with E-state index in [0.717, 1.165) is 0 Å². The summed E-state index contributed by atoms with van der Waals surface area (Å²) in [7, 11) is 0. The number of allylic oxidation sites excluding steroid dienone is 2. The van der Waals surface area contributed by atoms with E-state index in [9.17, 15) is 0 Å². The van der Waals surface area contributed by atoms with Crippen molar-refractivity contribution in [3.63, 3.8) is 0 Å². The first-order chi connectivity index (χ1) is 5.86. The fourth-order valence-corrected chi connectivity index (χ4v) is 1.47. The largest absolute Gasteiger partial charge is 0.384 e. The first-order valence-corrected chi connectivity index (χ1v) is 4.65.